The summed E-state index contributed by atoms with van der Waals surface area (Å²) in [6.45, 7) is 0.901. The van der Waals surface area contributed by atoms with Gasteiger partial charge < -0.3 is 10.0 Å². The lowest BCUT2D eigenvalue weighted by Crippen LogP contribution is -2.46. The molecular formula is C19H16BrClN2O2. The molecule has 1 aromatic heterocycles. The van der Waals surface area contributed by atoms with Crippen LogP contribution in [-0.4, -0.2) is 39.6 Å². The van der Waals surface area contributed by atoms with Gasteiger partial charge in [-0.3, -0.25) is 9.78 Å². The summed E-state index contributed by atoms with van der Waals surface area (Å²) in [4.78, 5) is 18.3. The van der Waals surface area contributed by atoms with Gasteiger partial charge in [0.2, 0.25) is 0 Å². The van der Waals surface area contributed by atoms with Gasteiger partial charge in [0.05, 0.1) is 5.56 Å². The third kappa shape index (κ3) is 4.60. The Hall–Kier alpha value is -1.87. The van der Waals surface area contributed by atoms with Crippen molar-refractivity contribution in [1.29, 1.82) is 0 Å². The van der Waals surface area contributed by atoms with E-state index >= 15 is 0 Å². The molecule has 1 N–H and O–H groups in total. The Kier molecular flexibility index (Phi) is 5.43. The quantitative estimate of drug-likeness (QED) is 0.720. The number of hydrogen-bond acceptors (Lipinski definition) is 3. The Bertz CT molecular complexity index is 852. The molecule has 128 valence electrons. The molecule has 0 bridgehead atoms. The third-order valence-electron chi connectivity index (χ3n) is 4.09. The zero-order valence-corrected chi connectivity index (χ0v) is 15.7. The minimum absolute atomic E-state index is 0.0846. The molecule has 0 radical (unpaired) electrons. The van der Waals surface area contributed by atoms with Crippen LogP contribution in [0.25, 0.3) is 0 Å². The van der Waals surface area contributed by atoms with E-state index in [1.165, 1.54) is 0 Å². The van der Waals surface area contributed by atoms with Gasteiger partial charge in [-0.25, -0.2) is 0 Å². The van der Waals surface area contributed by atoms with Crippen molar-refractivity contribution in [3.63, 3.8) is 0 Å². The average molecular weight is 420 g/mol. The number of pyridine rings is 1. The van der Waals surface area contributed by atoms with Crippen molar-refractivity contribution in [3.05, 3.63) is 63.3 Å². The van der Waals surface area contributed by atoms with Gasteiger partial charge in [0.25, 0.3) is 5.91 Å². The van der Waals surface area contributed by atoms with E-state index in [0.717, 1.165) is 10.0 Å². The molecule has 1 aliphatic heterocycles. The zero-order valence-electron chi connectivity index (χ0n) is 13.4. The highest BCUT2D eigenvalue weighted by atomic mass is 79.9. The minimum atomic E-state index is -1.09. The van der Waals surface area contributed by atoms with Crippen LogP contribution >= 0.6 is 27.5 Å². The number of likely N-dealkylation sites (tertiary alicyclic amines) is 1. The number of carbonyl (C=O) groups is 1. The Morgan fingerprint density at radius 3 is 2.72 bits per heavy atom. The highest BCUT2D eigenvalue weighted by Gasteiger charge is 2.32. The Morgan fingerprint density at radius 1 is 1.28 bits per heavy atom. The average Bonchev–Trinajstić information content (AvgIpc) is 2.60. The van der Waals surface area contributed by atoms with Crippen LogP contribution < -0.4 is 0 Å². The summed E-state index contributed by atoms with van der Waals surface area (Å²) >= 11 is 9.26. The molecule has 1 amide bonds. The molecule has 6 heteroatoms. The Morgan fingerprint density at radius 2 is 2.04 bits per heavy atom. The van der Waals surface area contributed by atoms with E-state index in [1.807, 2.05) is 12.1 Å². The molecule has 1 aromatic carbocycles. The smallest absolute Gasteiger partial charge is 0.255 e. The molecule has 4 nitrogen and oxygen atoms in total. The first kappa shape index (κ1) is 17.9. The van der Waals surface area contributed by atoms with E-state index < -0.39 is 5.60 Å². The number of halogens is 2. The van der Waals surface area contributed by atoms with E-state index in [0.29, 0.717) is 36.5 Å². The molecular weight excluding hydrogens is 404 g/mol. The van der Waals surface area contributed by atoms with Crippen LogP contribution in [0.1, 0.15) is 28.8 Å². The fourth-order valence-electron chi connectivity index (χ4n) is 2.67. The van der Waals surface area contributed by atoms with Gasteiger partial charge in [-0.1, -0.05) is 29.5 Å². The lowest BCUT2D eigenvalue weighted by Gasteiger charge is -2.35. The van der Waals surface area contributed by atoms with Crippen LogP contribution in [0.5, 0.6) is 0 Å². The number of aromatic nitrogens is 1. The number of rotatable bonds is 1. The van der Waals surface area contributed by atoms with E-state index in [9.17, 15) is 9.90 Å². The third-order valence-corrected chi connectivity index (χ3v) is 4.76. The van der Waals surface area contributed by atoms with Crippen LogP contribution in [0.15, 0.2) is 47.2 Å². The number of nitrogens with zero attached hydrogens (tertiary/aromatic N) is 2. The maximum atomic E-state index is 12.5. The predicted octanol–water partition coefficient (Wildman–Crippen LogP) is 3.52. The fourth-order valence-corrected chi connectivity index (χ4v) is 3.23. The van der Waals surface area contributed by atoms with Crippen molar-refractivity contribution in [2.24, 2.45) is 0 Å². The molecule has 2 aromatic rings. The van der Waals surface area contributed by atoms with Gasteiger partial charge in [-0.05, 0) is 40.2 Å². The van der Waals surface area contributed by atoms with Crippen molar-refractivity contribution in [2.45, 2.75) is 18.4 Å². The van der Waals surface area contributed by atoms with E-state index in [1.54, 1.807) is 35.5 Å². The summed E-state index contributed by atoms with van der Waals surface area (Å²) in [6.07, 6.45) is 4.01. The maximum absolute atomic E-state index is 12.5. The lowest BCUT2D eigenvalue weighted by molar-refractivity contribution is 0.0248. The first-order valence-electron chi connectivity index (χ1n) is 7.86. The van der Waals surface area contributed by atoms with E-state index in [4.69, 9.17) is 11.6 Å². The van der Waals surface area contributed by atoms with Gasteiger partial charge in [-0.15, -0.1) is 0 Å². The Labute approximate surface area is 160 Å². The predicted molar refractivity (Wildman–Crippen MR) is 100 cm³/mol. The van der Waals surface area contributed by atoms with Gasteiger partial charge in [0.1, 0.15) is 5.60 Å². The first-order valence-corrected chi connectivity index (χ1v) is 9.03. The number of hydrogen-bond donors (Lipinski definition) is 1. The molecule has 25 heavy (non-hydrogen) atoms. The summed E-state index contributed by atoms with van der Waals surface area (Å²) < 4.78 is 0.763. The zero-order chi connectivity index (χ0) is 17.9. The van der Waals surface area contributed by atoms with Crippen molar-refractivity contribution < 1.29 is 9.90 Å². The molecule has 0 spiro atoms. The molecule has 1 aliphatic rings. The summed E-state index contributed by atoms with van der Waals surface area (Å²) in [6, 6.07) is 8.96. The van der Waals surface area contributed by atoms with Crippen molar-refractivity contribution >= 4 is 33.4 Å². The second-order valence-electron chi connectivity index (χ2n) is 5.98. The van der Waals surface area contributed by atoms with Gasteiger partial charge in [0, 0.05) is 53.4 Å². The number of piperidine rings is 1. The molecule has 3 rings (SSSR count). The molecule has 1 saturated heterocycles. The van der Waals surface area contributed by atoms with Crippen LogP contribution in [-0.2, 0) is 0 Å². The molecule has 0 atom stereocenters. The van der Waals surface area contributed by atoms with Crippen LogP contribution in [0, 0.1) is 11.8 Å². The molecule has 2 heterocycles. The lowest BCUT2D eigenvalue weighted by atomic mass is 9.91. The number of benzene rings is 1. The van der Waals surface area contributed by atoms with Crippen molar-refractivity contribution in [2.75, 3.05) is 13.1 Å². The molecule has 1 fully saturated rings. The van der Waals surface area contributed by atoms with Crippen molar-refractivity contribution in [1.82, 2.24) is 9.88 Å². The van der Waals surface area contributed by atoms with Gasteiger partial charge >= 0.3 is 0 Å². The molecule has 0 unspecified atom stereocenters. The minimum Gasteiger partial charge on any atom is -0.377 e. The molecule has 0 aliphatic carbocycles. The highest BCUT2D eigenvalue weighted by molar-refractivity contribution is 9.10. The van der Waals surface area contributed by atoms with Crippen LogP contribution in [0.4, 0.5) is 0 Å². The first-order chi connectivity index (χ1) is 12.0. The fraction of sp³-hybridized carbons (Fsp3) is 0.263. The maximum Gasteiger partial charge on any atom is 0.255 e. The summed E-state index contributed by atoms with van der Waals surface area (Å²) in [7, 11) is 0. The summed E-state index contributed by atoms with van der Waals surface area (Å²) in [5.41, 5.74) is 0.207. The van der Waals surface area contributed by atoms with Crippen molar-refractivity contribution in [3.8, 4) is 11.8 Å². The summed E-state index contributed by atoms with van der Waals surface area (Å²) in [5.74, 6) is 5.83. The monoisotopic (exact) mass is 418 g/mol. The van der Waals surface area contributed by atoms with Gasteiger partial charge in [-0.2, -0.15) is 0 Å². The second kappa shape index (κ2) is 7.57. The SMILES string of the molecule is O=C(c1cncc(Br)c1)N1CCC(O)(C#Cc2cccc(Cl)c2)CC1. The second-order valence-corrected chi connectivity index (χ2v) is 7.33. The van der Waals surface area contributed by atoms with Crippen LogP contribution in [0.3, 0.4) is 0 Å². The standard InChI is InChI=1S/C19H16BrClN2O2/c20-16-11-15(12-22-13-16)18(24)23-8-6-19(25,7-9-23)5-4-14-2-1-3-17(21)10-14/h1-3,10-13,25H,6-9H2. The van der Waals surface area contributed by atoms with Crippen LogP contribution in [0.2, 0.25) is 5.02 Å². The number of aliphatic hydroxyl groups is 1. The van der Waals surface area contributed by atoms with E-state index in [2.05, 4.69) is 32.8 Å². The summed E-state index contributed by atoms with van der Waals surface area (Å²) in [5, 5.41) is 11.3. The highest BCUT2D eigenvalue weighted by Crippen LogP contribution is 2.23. The van der Waals surface area contributed by atoms with Gasteiger partial charge in [0.15, 0.2) is 0 Å². The number of carbonyl (C=O) groups excluding carboxylic acids is 1. The Balaban J connectivity index is 1.66. The largest absolute Gasteiger partial charge is 0.377 e. The molecule has 0 saturated carbocycles. The van der Waals surface area contributed by atoms with E-state index in [-0.39, 0.29) is 5.91 Å². The normalized spacial score (nSPS) is 16.0. The number of amides is 1. The topological polar surface area (TPSA) is 53.4 Å².